The summed E-state index contributed by atoms with van der Waals surface area (Å²) < 4.78 is 4.79. The van der Waals surface area contributed by atoms with Gasteiger partial charge in [-0.2, -0.15) is 0 Å². The largest absolute Gasteiger partial charge is 0.364 e. The van der Waals surface area contributed by atoms with Gasteiger partial charge in [0, 0.05) is 20.2 Å². The standard InChI is InChI=1S/C14H18N4O/c1-18(2)14(16-11-13-8-9-19-17-13)15-10-12-6-4-3-5-7-12/h3-9H,10-11H2,1-2H3,(H,15,16). The maximum atomic E-state index is 4.79. The summed E-state index contributed by atoms with van der Waals surface area (Å²) in [7, 11) is 3.92. The predicted octanol–water partition coefficient (Wildman–Crippen LogP) is 1.88. The smallest absolute Gasteiger partial charge is 0.194 e. The number of aromatic nitrogens is 1. The molecule has 0 unspecified atom stereocenters. The van der Waals surface area contributed by atoms with Gasteiger partial charge in [-0.15, -0.1) is 0 Å². The van der Waals surface area contributed by atoms with Crippen LogP contribution in [0.5, 0.6) is 0 Å². The van der Waals surface area contributed by atoms with Gasteiger partial charge < -0.3 is 14.7 Å². The van der Waals surface area contributed by atoms with Crippen LogP contribution in [0, 0.1) is 0 Å². The van der Waals surface area contributed by atoms with Crippen molar-refractivity contribution >= 4 is 5.96 Å². The molecule has 0 aliphatic heterocycles. The number of benzene rings is 1. The third-order valence-electron chi connectivity index (χ3n) is 2.60. The number of nitrogens with zero attached hydrogens (tertiary/aromatic N) is 3. The van der Waals surface area contributed by atoms with Crippen molar-refractivity contribution in [3.63, 3.8) is 0 Å². The summed E-state index contributed by atoms with van der Waals surface area (Å²) in [5.41, 5.74) is 2.04. The summed E-state index contributed by atoms with van der Waals surface area (Å²) in [6.45, 7) is 1.25. The van der Waals surface area contributed by atoms with Crippen LogP contribution in [0.25, 0.3) is 0 Å². The Morgan fingerprint density at radius 1 is 1.26 bits per heavy atom. The number of guanidine groups is 1. The Balaban J connectivity index is 1.95. The van der Waals surface area contributed by atoms with Crippen molar-refractivity contribution in [2.45, 2.75) is 13.1 Å². The molecule has 0 fully saturated rings. The molecule has 5 heteroatoms. The molecule has 0 atom stereocenters. The van der Waals surface area contributed by atoms with E-state index in [0.717, 1.165) is 11.7 Å². The van der Waals surface area contributed by atoms with Crippen LogP contribution in [0.15, 0.2) is 52.2 Å². The highest BCUT2D eigenvalue weighted by Gasteiger charge is 2.03. The van der Waals surface area contributed by atoms with Crippen molar-refractivity contribution in [2.24, 2.45) is 4.99 Å². The molecule has 0 radical (unpaired) electrons. The maximum absolute atomic E-state index is 4.79. The average molecular weight is 258 g/mol. The van der Waals surface area contributed by atoms with Gasteiger partial charge in [0.25, 0.3) is 0 Å². The highest BCUT2D eigenvalue weighted by molar-refractivity contribution is 5.79. The molecule has 5 nitrogen and oxygen atoms in total. The van der Waals surface area contributed by atoms with Crippen LogP contribution >= 0.6 is 0 Å². The first kappa shape index (κ1) is 13.1. The summed E-state index contributed by atoms with van der Waals surface area (Å²) in [6, 6.07) is 12.0. The minimum Gasteiger partial charge on any atom is -0.364 e. The Hall–Kier alpha value is -2.30. The minimum absolute atomic E-state index is 0.600. The molecular formula is C14H18N4O. The lowest BCUT2D eigenvalue weighted by Gasteiger charge is -2.16. The lowest BCUT2D eigenvalue weighted by Crippen LogP contribution is -2.36. The van der Waals surface area contributed by atoms with Crippen molar-refractivity contribution in [2.75, 3.05) is 14.1 Å². The molecular weight excluding hydrogens is 240 g/mol. The molecule has 19 heavy (non-hydrogen) atoms. The summed E-state index contributed by atoms with van der Waals surface area (Å²) in [4.78, 5) is 6.51. The van der Waals surface area contributed by atoms with Gasteiger partial charge in [0.15, 0.2) is 5.96 Å². The SMILES string of the molecule is CN(C)C(=NCc1ccccc1)NCc1ccon1. The van der Waals surface area contributed by atoms with E-state index in [0.29, 0.717) is 13.1 Å². The van der Waals surface area contributed by atoms with E-state index in [4.69, 9.17) is 4.52 Å². The van der Waals surface area contributed by atoms with E-state index in [1.54, 1.807) is 6.26 Å². The third kappa shape index (κ3) is 4.13. The van der Waals surface area contributed by atoms with Gasteiger partial charge in [-0.05, 0) is 5.56 Å². The fourth-order valence-corrected chi connectivity index (χ4v) is 1.60. The van der Waals surface area contributed by atoms with E-state index < -0.39 is 0 Å². The second-order valence-electron chi connectivity index (χ2n) is 4.36. The molecule has 0 spiro atoms. The number of hydrogen-bond donors (Lipinski definition) is 1. The normalized spacial score (nSPS) is 11.4. The van der Waals surface area contributed by atoms with Crippen molar-refractivity contribution in [3.05, 3.63) is 53.9 Å². The molecule has 1 aromatic heterocycles. The molecule has 0 aliphatic carbocycles. The maximum Gasteiger partial charge on any atom is 0.194 e. The molecule has 0 aliphatic rings. The lowest BCUT2D eigenvalue weighted by atomic mass is 10.2. The minimum atomic E-state index is 0.600. The molecule has 1 heterocycles. The third-order valence-corrected chi connectivity index (χ3v) is 2.60. The van der Waals surface area contributed by atoms with Crippen molar-refractivity contribution in [1.82, 2.24) is 15.4 Å². The summed E-state index contributed by atoms with van der Waals surface area (Å²) in [5.74, 6) is 0.826. The quantitative estimate of drug-likeness (QED) is 0.672. The summed E-state index contributed by atoms with van der Waals surface area (Å²) in [5, 5.41) is 7.10. The van der Waals surface area contributed by atoms with E-state index in [9.17, 15) is 0 Å². The average Bonchev–Trinajstić information content (AvgIpc) is 2.92. The van der Waals surface area contributed by atoms with Gasteiger partial charge in [-0.25, -0.2) is 4.99 Å². The van der Waals surface area contributed by atoms with Gasteiger partial charge in [-0.3, -0.25) is 0 Å². The fraction of sp³-hybridized carbons (Fsp3) is 0.286. The first-order valence-electron chi connectivity index (χ1n) is 6.14. The molecule has 0 bridgehead atoms. The van der Waals surface area contributed by atoms with E-state index in [1.807, 2.05) is 43.3 Å². The van der Waals surface area contributed by atoms with Gasteiger partial charge in [-0.1, -0.05) is 35.5 Å². The second kappa shape index (κ2) is 6.58. The Kier molecular flexibility index (Phi) is 4.55. The molecule has 2 aromatic rings. The number of rotatable bonds is 4. The van der Waals surface area contributed by atoms with Gasteiger partial charge >= 0.3 is 0 Å². The predicted molar refractivity (Wildman–Crippen MR) is 74.6 cm³/mol. The highest BCUT2D eigenvalue weighted by Crippen LogP contribution is 2.01. The number of aliphatic imine (C=N–C) groups is 1. The van der Waals surface area contributed by atoms with Crippen molar-refractivity contribution < 1.29 is 4.52 Å². The molecule has 100 valence electrons. The molecule has 0 amide bonds. The second-order valence-corrected chi connectivity index (χ2v) is 4.36. The topological polar surface area (TPSA) is 53.7 Å². The van der Waals surface area contributed by atoms with Crippen LogP contribution in [0.1, 0.15) is 11.3 Å². The monoisotopic (exact) mass is 258 g/mol. The van der Waals surface area contributed by atoms with E-state index >= 15 is 0 Å². The van der Waals surface area contributed by atoms with E-state index in [-0.39, 0.29) is 0 Å². The van der Waals surface area contributed by atoms with E-state index in [1.165, 1.54) is 5.56 Å². The van der Waals surface area contributed by atoms with Crippen LogP contribution < -0.4 is 5.32 Å². The molecule has 1 aromatic carbocycles. The molecule has 0 saturated carbocycles. The summed E-state index contributed by atoms with van der Waals surface area (Å²) in [6.07, 6.45) is 1.56. The lowest BCUT2D eigenvalue weighted by molar-refractivity contribution is 0.410. The van der Waals surface area contributed by atoms with Crippen LogP contribution in [0.4, 0.5) is 0 Å². The zero-order chi connectivity index (χ0) is 13.5. The Bertz CT molecular complexity index is 506. The van der Waals surface area contributed by atoms with Gasteiger partial charge in [0.1, 0.15) is 12.0 Å². The molecule has 1 N–H and O–H groups in total. The van der Waals surface area contributed by atoms with Crippen LogP contribution in [-0.2, 0) is 13.1 Å². The zero-order valence-corrected chi connectivity index (χ0v) is 11.2. The zero-order valence-electron chi connectivity index (χ0n) is 11.2. The Labute approximate surface area is 112 Å². The van der Waals surface area contributed by atoms with E-state index in [2.05, 4.69) is 27.6 Å². The van der Waals surface area contributed by atoms with Gasteiger partial charge in [0.05, 0.1) is 13.1 Å². The van der Waals surface area contributed by atoms with Crippen molar-refractivity contribution in [3.8, 4) is 0 Å². The molecule has 0 saturated heterocycles. The van der Waals surface area contributed by atoms with Crippen molar-refractivity contribution in [1.29, 1.82) is 0 Å². The Morgan fingerprint density at radius 2 is 2.05 bits per heavy atom. The summed E-state index contributed by atoms with van der Waals surface area (Å²) >= 11 is 0. The van der Waals surface area contributed by atoms with Crippen LogP contribution in [-0.4, -0.2) is 30.1 Å². The highest BCUT2D eigenvalue weighted by atomic mass is 16.5. The number of hydrogen-bond acceptors (Lipinski definition) is 3. The first-order chi connectivity index (χ1) is 9.25. The fourth-order valence-electron chi connectivity index (χ4n) is 1.60. The van der Waals surface area contributed by atoms with Crippen LogP contribution in [0.2, 0.25) is 0 Å². The van der Waals surface area contributed by atoms with Gasteiger partial charge in [0.2, 0.25) is 0 Å². The van der Waals surface area contributed by atoms with Crippen LogP contribution in [0.3, 0.4) is 0 Å². The molecule has 2 rings (SSSR count). The first-order valence-corrected chi connectivity index (χ1v) is 6.14. The Morgan fingerprint density at radius 3 is 2.68 bits per heavy atom. The number of nitrogens with one attached hydrogen (secondary N) is 1.